The molecule has 1 aliphatic heterocycles. The van der Waals surface area contributed by atoms with E-state index in [9.17, 15) is 31.5 Å². The molecule has 24 heavy (non-hydrogen) atoms. The first-order valence-electron chi connectivity index (χ1n) is 7.19. The number of piperidine rings is 1. The minimum absolute atomic E-state index is 0.0270. The molecule has 0 radical (unpaired) electrons. The number of amides is 2. The first-order valence-corrected chi connectivity index (χ1v) is 7.19. The zero-order valence-corrected chi connectivity index (χ0v) is 12.7. The third kappa shape index (κ3) is 4.01. The molecule has 1 aromatic carbocycles. The lowest BCUT2D eigenvalue weighted by atomic mass is 9.96. The number of nitrogens with one attached hydrogen (secondary N) is 1. The highest BCUT2D eigenvalue weighted by Crippen LogP contribution is 2.33. The lowest BCUT2D eigenvalue weighted by Crippen LogP contribution is -2.58. The van der Waals surface area contributed by atoms with E-state index in [1.54, 1.807) is 0 Å². The zero-order valence-electron chi connectivity index (χ0n) is 12.7. The third-order valence-corrected chi connectivity index (χ3v) is 3.79. The molecular weight excluding hydrogens is 335 g/mol. The van der Waals surface area contributed by atoms with Crippen molar-refractivity contribution in [3.05, 3.63) is 35.4 Å². The monoisotopic (exact) mass is 350 g/mol. The van der Waals surface area contributed by atoms with Gasteiger partial charge >= 0.3 is 6.18 Å². The van der Waals surface area contributed by atoms with Crippen LogP contribution in [0.5, 0.6) is 0 Å². The summed E-state index contributed by atoms with van der Waals surface area (Å²) in [7, 11) is 0. The molecule has 0 bridgehead atoms. The number of alkyl halides is 3. The fraction of sp³-hybridized carbons (Fsp3) is 0.467. The van der Waals surface area contributed by atoms with Crippen LogP contribution in [0, 0.1) is 11.6 Å². The summed E-state index contributed by atoms with van der Waals surface area (Å²) in [5.41, 5.74) is -0.771. The van der Waals surface area contributed by atoms with E-state index in [-0.39, 0.29) is 6.42 Å². The van der Waals surface area contributed by atoms with E-state index in [4.69, 9.17) is 0 Å². The Hall–Kier alpha value is -2.19. The van der Waals surface area contributed by atoms with E-state index in [2.05, 4.69) is 5.32 Å². The molecular formula is C15H15F5N2O2. The van der Waals surface area contributed by atoms with Crippen LogP contribution in [0.15, 0.2) is 18.2 Å². The number of hydrogen-bond acceptors (Lipinski definition) is 2. The molecule has 0 saturated carbocycles. The van der Waals surface area contributed by atoms with Gasteiger partial charge in [0.25, 0.3) is 5.91 Å². The Labute approximate surface area is 134 Å². The van der Waals surface area contributed by atoms with Crippen molar-refractivity contribution in [3.63, 3.8) is 0 Å². The van der Waals surface area contributed by atoms with Gasteiger partial charge in [-0.3, -0.25) is 9.59 Å². The number of benzene rings is 1. The van der Waals surface area contributed by atoms with E-state index in [0.717, 1.165) is 6.07 Å². The topological polar surface area (TPSA) is 49.4 Å². The van der Waals surface area contributed by atoms with Crippen molar-refractivity contribution in [2.45, 2.75) is 38.0 Å². The Morgan fingerprint density at radius 3 is 2.46 bits per heavy atom. The molecule has 1 heterocycles. The molecule has 9 heteroatoms. The van der Waals surface area contributed by atoms with E-state index in [1.165, 1.54) is 6.92 Å². The van der Waals surface area contributed by atoms with Gasteiger partial charge in [-0.15, -0.1) is 0 Å². The van der Waals surface area contributed by atoms with Gasteiger partial charge in [0.1, 0.15) is 17.7 Å². The first kappa shape index (κ1) is 18.2. The number of halogens is 5. The van der Waals surface area contributed by atoms with Gasteiger partial charge in [-0.1, -0.05) is 0 Å². The first-order chi connectivity index (χ1) is 11.1. The quantitative estimate of drug-likeness (QED) is 0.834. The maximum atomic E-state index is 13.7. The minimum atomic E-state index is -4.71. The van der Waals surface area contributed by atoms with Gasteiger partial charge in [-0.05, 0) is 31.0 Å². The number of carbonyl (C=O) groups is 2. The number of carbonyl (C=O) groups excluding carboxylic acids is 2. The second kappa shape index (κ2) is 6.74. The van der Waals surface area contributed by atoms with Crippen LogP contribution < -0.4 is 5.32 Å². The van der Waals surface area contributed by atoms with Crippen LogP contribution in [-0.2, 0) is 4.79 Å². The zero-order chi connectivity index (χ0) is 18.1. The van der Waals surface area contributed by atoms with Gasteiger partial charge in [0, 0.05) is 19.5 Å². The third-order valence-electron chi connectivity index (χ3n) is 3.79. The molecule has 1 N–H and O–H groups in total. The Balaban J connectivity index is 2.33. The van der Waals surface area contributed by atoms with Crippen molar-refractivity contribution in [2.24, 2.45) is 0 Å². The molecule has 4 nitrogen and oxygen atoms in total. The molecule has 2 amide bonds. The fourth-order valence-electron chi connectivity index (χ4n) is 2.76. The largest absolute Gasteiger partial charge is 0.408 e. The summed E-state index contributed by atoms with van der Waals surface area (Å²) in [6.07, 6.45) is -5.11. The summed E-state index contributed by atoms with van der Waals surface area (Å²) in [5.74, 6) is -3.75. The van der Waals surface area contributed by atoms with Gasteiger partial charge in [0.05, 0.1) is 5.56 Å². The van der Waals surface area contributed by atoms with E-state index < -0.39 is 60.2 Å². The Bertz CT molecular complexity index is 647. The Morgan fingerprint density at radius 1 is 1.21 bits per heavy atom. The smallest absolute Gasteiger partial charge is 0.352 e. The number of likely N-dealkylation sites (tertiary alicyclic amines) is 1. The van der Waals surface area contributed by atoms with Crippen molar-refractivity contribution in [3.8, 4) is 0 Å². The molecule has 1 fully saturated rings. The molecule has 132 valence electrons. The van der Waals surface area contributed by atoms with Crippen molar-refractivity contribution >= 4 is 11.8 Å². The van der Waals surface area contributed by atoms with Gasteiger partial charge in [-0.2, -0.15) is 13.2 Å². The summed E-state index contributed by atoms with van der Waals surface area (Å²) >= 11 is 0. The molecule has 0 aromatic heterocycles. The maximum Gasteiger partial charge on any atom is 0.408 e. The van der Waals surface area contributed by atoms with Crippen LogP contribution in [0.3, 0.4) is 0 Å². The fourth-order valence-corrected chi connectivity index (χ4v) is 2.76. The van der Waals surface area contributed by atoms with Crippen LogP contribution in [0.4, 0.5) is 22.0 Å². The van der Waals surface area contributed by atoms with Gasteiger partial charge < -0.3 is 10.2 Å². The SMILES string of the molecule is CC(=O)N[C@H]1CC[C@@H](C(F)(F)F)N(C(=O)c2cc(F)ccc2F)C1. The molecule has 0 unspecified atom stereocenters. The molecule has 2 rings (SSSR count). The molecule has 2 atom stereocenters. The number of hydrogen-bond donors (Lipinski definition) is 1. The van der Waals surface area contributed by atoms with Gasteiger partial charge in [0.15, 0.2) is 0 Å². The average molecular weight is 350 g/mol. The van der Waals surface area contributed by atoms with Crippen LogP contribution in [0.1, 0.15) is 30.1 Å². The summed E-state index contributed by atoms with van der Waals surface area (Å²) in [6, 6.07) is -0.781. The number of nitrogens with zero attached hydrogens (tertiary/aromatic N) is 1. The maximum absolute atomic E-state index is 13.7. The standard InChI is InChI=1S/C15H15F5N2O2/c1-8(23)21-10-3-5-13(15(18,19)20)22(7-10)14(24)11-6-9(16)2-4-12(11)17/h2,4,6,10,13H,3,5,7H2,1H3,(H,21,23)/t10-,13-/m0/s1. The normalized spacial score (nSPS) is 21.5. The minimum Gasteiger partial charge on any atom is -0.352 e. The Morgan fingerprint density at radius 2 is 1.88 bits per heavy atom. The van der Waals surface area contributed by atoms with Crippen LogP contribution >= 0.6 is 0 Å². The highest BCUT2D eigenvalue weighted by molar-refractivity contribution is 5.95. The second-order valence-corrected chi connectivity index (χ2v) is 5.61. The summed E-state index contributed by atoms with van der Waals surface area (Å²) in [5, 5.41) is 2.45. The molecule has 1 aliphatic rings. The van der Waals surface area contributed by atoms with E-state index >= 15 is 0 Å². The van der Waals surface area contributed by atoms with Gasteiger partial charge in [0.2, 0.25) is 5.91 Å². The predicted molar refractivity (Wildman–Crippen MR) is 74.1 cm³/mol. The number of rotatable bonds is 2. The highest BCUT2D eigenvalue weighted by atomic mass is 19.4. The summed E-state index contributed by atoms with van der Waals surface area (Å²) in [4.78, 5) is 23.9. The summed E-state index contributed by atoms with van der Waals surface area (Å²) in [6.45, 7) is 0.771. The van der Waals surface area contributed by atoms with Crippen LogP contribution in [0.25, 0.3) is 0 Å². The van der Waals surface area contributed by atoms with Crippen molar-refractivity contribution in [1.29, 1.82) is 0 Å². The average Bonchev–Trinajstić information content (AvgIpc) is 2.47. The molecule has 1 saturated heterocycles. The van der Waals surface area contributed by atoms with Crippen molar-refractivity contribution < 1.29 is 31.5 Å². The van der Waals surface area contributed by atoms with Gasteiger partial charge in [-0.25, -0.2) is 8.78 Å². The Kier molecular flexibility index (Phi) is 5.10. The van der Waals surface area contributed by atoms with E-state index in [0.29, 0.717) is 17.0 Å². The second-order valence-electron chi connectivity index (χ2n) is 5.61. The molecule has 0 spiro atoms. The van der Waals surface area contributed by atoms with Crippen LogP contribution in [-0.4, -0.2) is 41.5 Å². The molecule has 1 aromatic rings. The van der Waals surface area contributed by atoms with Crippen molar-refractivity contribution in [1.82, 2.24) is 10.2 Å². The van der Waals surface area contributed by atoms with Crippen LogP contribution in [0.2, 0.25) is 0 Å². The highest BCUT2D eigenvalue weighted by Gasteiger charge is 2.48. The predicted octanol–water partition coefficient (Wildman–Crippen LogP) is 2.64. The van der Waals surface area contributed by atoms with E-state index in [1.807, 2.05) is 0 Å². The van der Waals surface area contributed by atoms with Crippen molar-refractivity contribution in [2.75, 3.05) is 6.54 Å². The molecule has 0 aliphatic carbocycles. The lowest BCUT2D eigenvalue weighted by molar-refractivity contribution is -0.184. The summed E-state index contributed by atoms with van der Waals surface area (Å²) < 4.78 is 66.5. The lowest BCUT2D eigenvalue weighted by Gasteiger charge is -2.40.